The van der Waals surface area contributed by atoms with Crippen molar-refractivity contribution < 1.29 is 18.7 Å². The van der Waals surface area contributed by atoms with Crippen LogP contribution in [-0.2, 0) is 14.3 Å². The maximum absolute atomic E-state index is 13.8. The molecule has 2 aromatic rings. The number of hydrogen-bond donors (Lipinski definition) is 2. The van der Waals surface area contributed by atoms with Gasteiger partial charge in [-0.1, -0.05) is 38.1 Å². The number of hydrogen-bond acceptors (Lipinski definition) is 5. The van der Waals surface area contributed by atoms with Crippen LogP contribution in [0.2, 0.25) is 0 Å². The van der Waals surface area contributed by atoms with Gasteiger partial charge in [0.2, 0.25) is 5.91 Å². The molecular weight excluding hydrogens is 421 g/mol. The first-order valence-electron chi connectivity index (χ1n) is 11.2. The topological polar surface area (TPSA) is 70.7 Å². The molecule has 7 heteroatoms. The van der Waals surface area contributed by atoms with Crippen molar-refractivity contribution in [1.29, 1.82) is 0 Å². The Kier molecular flexibility index (Phi) is 6.51. The van der Waals surface area contributed by atoms with E-state index in [9.17, 15) is 14.0 Å². The zero-order valence-electron chi connectivity index (χ0n) is 19.3. The molecule has 4 rings (SSSR count). The first kappa shape index (κ1) is 23.0. The second-order valence-corrected chi connectivity index (χ2v) is 9.40. The molecule has 0 radical (unpaired) electrons. The molecule has 2 N–H and O–H groups in total. The molecule has 1 aliphatic heterocycles. The number of ether oxygens (including phenoxy) is 1. The van der Waals surface area contributed by atoms with E-state index in [2.05, 4.69) is 24.5 Å². The summed E-state index contributed by atoms with van der Waals surface area (Å²) in [5, 5.41) is 6.38. The van der Waals surface area contributed by atoms with Gasteiger partial charge in [0, 0.05) is 31.3 Å². The number of Topliss-reactive ketones (excluding diaryl/α,β-unsaturated/α-hetero) is 1. The summed E-state index contributed by atoms with van der Waals surface area (Å²) in [5.74, 6) is -0.484. The molecule has 1 amide bonds. The van der Waals surface area contributed by atoms with E-state index in [1.165, 1.54) is 12.1 Å². The Balaban J connectivity index is 1.85. The molecule has 0 saturated carbocycles. The number of allylic oxidation sites excluding steroid dienone is 1. The molecular formula is C26H30FN3O3. The molecule has 1 atom stereocenters. The van der Waals surface area contributed by atoms with Gasteiger partial charge >= 0.3 is 0 Å². The summed E-state index contributed by atoms with van der Waals surface area (Å²) < 4.78 is 18.8. The molecule has 0 unspecified atom stereocenters. The highest BCUT2D eigenvalue weighted by Crippen LogP contribution is 2.48. The van der Waals surface area contributed by atoms with Crippen LogP contribution in [0.1, 0.15) is 38.3 Å². The van der Waals surface area contributed by atoms with E-state index in [4.69, 9.17) is 4.74 Å². The third-order valence-corrected chi connectivity index (χ3v) is 6.13. The van der Waals surface area contributed by atoms with Crippen LogP contribution in [0.3, 0.4) is 0 Å². The van der Waals surface area contributed by atoms with E-state index in [1.807, 2.05) is 29.2 Å². The minimum atomic E-state index is -0.520. The monoisotopic (exact) mass is 451 g/mol. The molecule has 1 heterocycles. The van der Waals surface area contributed by atoms with Crippen LogP contribution in [0.5, 0.6) is 0 Å². The number of methoxy groups -OCH3 is 1. The predicted octanol–water partition coefficient (Wildman–Crippen LogP) is 4.20. The lowest BCUT2D eigenvalue weighted by Crippen LogP contribution is -2.42. The summed E-state index contributed by atoms with van der Waals surface area (Å²) in [4.78, 5) is 28.4. The maximum Gasteiger partial charge on any atom is 0.239 e. The standard InChI is InChI=1S/C26H30FN3O3/c1-26(2)14-20-24(22(31)15-26)25(17-8-10-18(27)11-9-17)30(16-23(32)28-12-13-33-3)21-7-5-4-6-19(21)29-20/h4-11,25,29H,12-16H2,1-3H3,(H,28,32)/t25-/m0/s1. The van der Waals surface area contributed by atoms with Gasteiger partial charge in [0.25, 0.3) is 0 Å². The summed E-state index contributed by atoms with van der Waals surface area (Å²) in [6.07, 6.45) is 1.11. The Hall–Kier alpha value is -3.19. The molecule has 6 nitrogen and oxygen atoms in total. The average molecular weight is 452 g/mol. The van der Waals surface area contributed by atoms with E-state index < -0.39 is 6.04 Å². The highest BCUT2D eigenvalue weighted by Gasteiger charge is 2.41. The fraction of sp³-hybridized carbons (Fsp3) is 0.385. The van der Waals surface area contributed by atoms with Crippen molar-refractivity contribution in [2.45, 2.75) is 32.7 Å². The number of benzene rings is 2. The van der Waals surface area contributed by atoms with Gasteiger partial charge in [0.1, 0.15) is 5.82 Å². The van der Waals surface area contributed by atoms with E-state index in [0.717, 1.165) is 22.6 Å². The van der Waals surface area contributed by atoms with Crippen LogP contribution in [0.25, 0.3) is 0 Å². The van der Waals surface area contributed by atoms with Crippen molar-refractivity contribution in [2.24, 2.45) is 5.41 Å². The van der Waals surface area contributed by atoms with Crippen LogP contribution in [0, 0.1) is 11.2 Å². The zero-order chi connectivity index (χ0) is 23.6. The molecule has 2 aliphatic rings. The van der Waals surface area contributed by atoms with Gasteiger partial charge in [-0.3, -0.25) is 9.59 Å². The quantitative estimate of drug-likeness (QED) is 0.644. The number of anilines is 2. The molecule has 0 bridgehead atoms. The smallest absolute Gasteiger partial charge is 0.239 e. The summed E-state index contributed by atoms with van der Waals surface area (Å²) in [7, 11) is 1.58. The molecule has 1 aliphatic carbocycles. The van der Waals surface area contributed by atoms with E-state index in [1.54, 1.807) is 19.2 Å². The van der Waals surface area contributed by atoms with E-state index in [-0.39, 0.29) is 29.5 Å². The molecule has 174 valence electrons. The van der Waals surface area contributed by atoms with Gasteiger partial charge in [0.05, 0.1) is 30.6 Å². The van der Waals surface area contributed by atoms with Crippen LogP contribution >= 0.6 is 0 Å². The summed E-state index contributed by atoms with van der Waals surface area (Å²) in [5.41, 5.74) is 3.73. The minimum absolute atomic E-state index is 0.0396. The lowest BCUT2D eigenvalue weighted by atomic mass is 9.73. The first-order chi connectivity index (χ1) is 15.8. The fourth-order valence-electron chi connectivity index (χ4n) is 4.72. The van der Waals surface area contributed by atoms with Crippen molar-refractivity contribution in [3.63, 3.8) is 0 Å². The lowest BCUT2D eigenvalue weighted by molar-refractivity contribution is -0.121. The molecule has 0 fully saturated rings. The number of fused-ring (bicyclic) bond motifs is 1. The van der Waals surface area contributed by atoms with Crippen molar-refractivity contribution in [1.82, 2.24) is 5.32 Å². The van der Waals surface area contributed by atoms with Crippen molar-refractivity contribution >= 4 is 23.1 Å². The van der Waals surface area contributed by atoms with Gasteiger partial charge in [-0.25, -0.2) is 4.39 Å². The zero-order valence-corrected chi connectivity index (χ0v) is 19.3. The minimum Gasteiger partial charge on any atom is -0.383 e. The number of amides is 1. The largest absolute Gasteiger partial charge is 0.383 e. The van der Waals surface area contributed by atoms with Crippen molar-refractivity contribution in [3.8, 4) is 0 Å². The number of nitrogens with one attached hydrogen (secondary N) is 2. The summed E-state index contributed by atoms with van der Waals surface area (Å²) in [6.45, 7) is 5.01. The van der Waals surface area contributed by atoms with Crippen molar-refractivity contribution in [3.05, 3.63) is 71.2 Å². The van der Waals surface area contributed by atoms with Gasteiger partial charge in [-0.15, -0.1) is 0 Å². The van der Waals surface area contributed by atoms with Crippen LogP contribution < -0.4 is 15.5 Å². The predicted molar refractivity (Wildman–Crippen MR) is 126 cm³/mol. The van der Waals surface area contributed by atoms with Gasteiger partial charge in [-0.2, -0.15) is 0 Å². The van der Waals surface area contributed by atoms with Crippen LogP contribution in [0.15, 0.2) is 59.8 Å². The number of ketones is 1. The summed E-state index contributed by atoms with van der Waals surface area (Å²) in [6, 6.07) is 13.4. The Morgan fingerprint density at radius 1 is 1.18 bits per heavy atom. The number of para-hydroxylation sites is 2. The number of carbonyl (C=O) groups is 2. The Morgan fingerprint density at radius 3 is 2.64 bits per heavy atom. The molecule has 0 saturated heterocycles. The first-order valence-corrected chi connectivity index (χ1v) is 11.2. The Bertz CT molecular complexity index is 1080. The number of halogens is 1. The number of carbonyl (C=O) groups excluding carboxylic acids is 2. The normalized spacial score (nSPS) is 19.3. The molecule has 2 aromatic carbocycles. The Morgan fingerprint density at radius 2 is 1.91 bits per heavy atom. The van der Waals surface area contributed by atoms with Gasteiger partial charge in [0.15, 0.2) is 5.78 Å². The second-order valence-electron chi connectivity index (χ2n) is 9.40. The maximum atomic E-state index is 13.8. The van der Waals surface area contributed by atoms with Gasteiger partial charge in [-0.05, 0) is 41.7 Å². The third-order valence-electron chi connectivity index (χ3n) is 6.13. The van der Waals surface area contributed by atoms with Crippen LogP contribution in [0.4, 0.5) is 15.8 Å². The number of nitrogens with zero attached hydrogens (tertiary/aromatic N) is 1. The molecule has 0 spiro atoms. The highest BCUT2D eigenvalue weighted by atomic mass is 19.1. The third kappa shape index (κ3) is 4.93. The van der Waals surface area contributed by atoms with E-state index >= 15 is 0 Å². The number of rotatable bonds is 6. The van der Waals surface area contributed by atoms with Crippen LogP contribution in [-0.4, -0.2) is 38.5 Å². The van der Waals surface area contributed by atoms with Crippen molar-refractivity contribution in [2.75, 3.05) is 37.0 Å². The van der Waals surface area contributed by atoms with E-state index in [0.29, 0.717) is 31.6 Å². The summed E-state index contributed by atoms with van der Waals surface area (Å²) >= 11 is 0. The fourth-order valence-corrected chi connectivity index (χ4v) is 4.72. The SMILES string of the molecule is COCCNC(=O)CN1c2ccccc2NC2=C(C(=O)CC(C)(C)C2)[C@@H]1c1ccc(F)cc1. The average Bonchev–Trinajstić information content (AvgIpc) is 2.88. The second kappa shape index (κ2) is 9.35. The molecule has 33 heavy (non-hydrogen) atoms. The highest BCUT2D eigenvalue weighted by molar-refractivity contribution is 6.01. The molecule has 0 aromatic heterocycles. The lowest BCUT2D eigenvalue weighted by Gasteiger charge is -2.37. The van der Waals surface area contributed by atoms with Gasteiger partial charge < -0.3 is 20.3 Å². The Labute approximate surface area is 193 Å².